The van der Waals surface area contributed by atoms with Gasteiger partial charge in [-0.1, -0.05) is 35.3 Å². The van der Waals surface area contributed by atoms with Crippen molar-refractivity contribution >= 4 is 56.5 Å². The van der Waals surface area contributed by atoms with E-state index >= 15 is 0 Å². The Morgan fingerprint density at radius 1 is 1.07 bits per heavy atom. The Hall–Kier alpha value is -2.67. The summed E-state index contributed by atoms with van der Waals surface area (Å²) in [6, 6.07) is 11.2. The van der Waals surface area contributed by atoms with Crippen molar-refractivity contribution in [1.82, 2.24) is 4.98 Å². The molecule has 4 aromatic rings. The third kappa shape index (κ3) is 2.87. The number of aromatic nitrogens is 1. The molecule has 0 aliphatic carbocycles. The van der Waals surface area contributed by atoms with E-state index in [1.54, 1.807) is 42.5 Å². The lowest BCUT2D eigenvalue weighted by atomic mass is 9.99. The van der Waals surface area contributed by atoms with Crippen molar-refractivity contribution in [3.05, 3.63) is 90.7 Å². The Morgan fingerprint density at radius 2 is 1.79 bits per heavy atom. The molecule has 0 saturated carbocycles. The van der Waals surface area contributed by atoms with Crippen molar-refractivity contribution in [3.63, 3.8) is 0 Å². The second-order valence-corrected chi connectivity index (χ2v) is 8.42. The van der Waals surface area contributed by atoms with Gasteiger partial charge in [-0.25, -0.2) is 4.98 Å². The zero-order valence-electron chi connectivity index (χ0n) is 15.0. The molecule has 0 radical (unpaired) electrons. The molecule has 1 amide bonds. The van der Waals surface area contributed by atoms with E-state index in [2.05, 4.69) is 4.98 Å². The highest BCUT2D eigenvalue weighted by Gasteiger charge is 2.44. The van der Waals surface area contributed by atoms with Crippen LogP contribution in [0.25, 0.3) is 11.0 Å². The highest BCUT2D eigenvalue weighted by Crippen LogP contribution is 2.42. The molecule has 3 heterocycles. The van der Waals surface area contributed by atoms with Gasteiger partial charge in [-0.3, -0.25) is 14.5 Å². The average molecular weight is 443 g/mol. The van der Waals surface area contributed by atoms with Gasteiger partial charge in [-0.2, -0.15) is 0 Å². The minimum absolute atomic E-state index is 0.0256. The van der Waals surface area contributed by atoms with Crippen LogP contribution in [-0.4, -0.2) is 10.9 Å². The zero-order chi connectivity index (χ0) is 20.3. The van der Waals surface area contributed by atoms with Crippen LogP contribution in [0.1, 0.15) is 33.4 Å². The molecule has 0 bridgehead atoms. The Labute approximate surface area is 179 Å². The largest absolute Gasteiger partial charge is 0.450 e. The molecular weight excluding hydrogens is 431 g/mol. The zero-order valence-corrected chi connectivity index (χ0v) is 17.3. The Kier molecular flexibility index (Phi) is 4.24. The molecule has 1 aliphatic rings. The number of carbonyl (C=O) groups excluding carboxylic acids is 1. The first-order valence-corrected chi connectivity index (χ1v) is 10.3. The maximum absolute atomic E-state index is 13.4. The predicted molar refractivity (Wildman–Crippen MR) is 114 cm³/mol. The van der Waals surface area contributed by atoms with Crippen LogP contribution >= 0.6 is 34.5 Å². The number of rotatable bonds is 2. The molecule has 0 unspecified atom stereocenters. The molecule has 2 aromatic heterocycles. The number of halogens is 2. The molecule has 0 saturated heterocycles. The van der Waals surface area contributed by atoms with Crippen molar-refractivity contribution in [2.45, 2.75) is 13.0 Å². The summed E-state index contributed by atoms with van der Waals surface area (Å²) in [7, 11) is 0. The van der Waals surface area contributed by atoms with Crippen LogP contribution in [0.15, 0.2) is 57.1 Å². The third-order valence-electron chi connectivity index (χ3n) is 4.83. The lowest BCUT2D eigenvalue weighted by molar-refractivity contribution is 0.0971. The monoisotopic (exact) mass is 442 g/mol. The quantitative estimate of drug-likeness (QED) is 0.404. The van der Waals surface area contributed by atoms with Gasteiger partial charge in [0.05, 0.1) is 22.7 Å². The molecule has 2 aromatic carbocycles. The minimum atomic E-state index is -0.667. The highest BCUT2D eigenvalue weighted by atomic mass is 35.5. The minimum Gasteiger partial charge on any atom is -0.450 e. The number of anilines is 1. The number of thiazole rings is 1. The summed E-state index contributed by atoms with van der Waals surface area (Å²) in [5.74, 6) is -0.374. The average Bonchev–Trinajstić information content (AvgIpc) is 3.25. The van der Waals surface area contributed by atoms with Crippen LogP contribution in [0.5, 0.6) is 0 Å². The fourth-order valence-electron chi connectivity index (χ4n) is 3.56. The van der Waals surface area contributed by atoms with Gasteiger partial charge in [0.2, 0.25) is 5.76 Å². The van der Waals surface area contributed by atoms with Gasteiger partial charge in [0.25, 0.3) is 5.91 Å². The summed E-state index contributed by atoms with van der Waals surface area (Å²) >= 11 is 13.5. The van der Waals surface area contributed by atoms with Crippen molar-refractivity contribution < 1.29 is 9.21 Å². The van der Waals surface area contributed by atoms with Crippen LogP contribution in [0.3, 0.4) is 0 Å². The van der Waals surface area contributed by atoms with Crippen LogP contribution in [0, 0.1) is 6.92 Å². The Balaban J connectivity index is 1.83. The Bertz CT molecular complexity index is 1340. The van der Waals surface area contributed by atoms with Crippen LogP contribution in [-0.2, 0) is 0 Å². The lowest BCUT2D eigenvalue weighted by Crippen LogP contribution is -2.29. The smallest absolute Gasteiger partial charge is 0.297 e. The molecule has 0 fully saturated rings. The van der Waals surface area contributed by atoms with Gasteiger partial charge in [0.1, 0.15) is 5.58 Å². The number of carbonyl (C=O) groups is 1. The number of benzene rings is 2. The number of fused-ring (bicyclic) bond motifs is 2. The number of aryl methyl sites for hydroxylation is 1. The van der Waals surface area contributed by atoms with E-state index in [0.29, 0.717) is 26.1 Å². The molecule has 5 nitrogen and oxygen atoms in total. The van der Waals surface area contributed by atoms with E-state index in [4.69, 9.17) is 27.6 Å². The first-order chi connectivity index (χ1) is 13.9. The van der Waals surface area contributed by atoms with Crippen molar-refractivity contribution in [3.8, 4) is 0 Å². The maximum atomic E-state index is 13.4. The van der Waals surface area contributed by atoms with E-state index in [-0.39, 0.29) is 16.8 Å². The van der Waals surface area contributed by atoms with Crippen molar-refractivity contribution in [1.29, 1.82) is 0 Å². The van der Waals surface area contributed by atoms with E-state index in [0.717, 1.165) is 11.3 Å². The normalized spacial score (nSPS) is 15.9. The van der Waals surface area contributed by atoms with Gasteiger partial charge < -0.3 is 4.42 Å². The topological polar surface area (TPSA) is 63.4 Å². The molecule has 144 valence electrons. The predicted octanol–water partition coefficient (Wildman–Crippen LogP) is 5.61. The summed E-state index contributed by atoms with van der Waals surface area (Å²) in [6.07, 6.45) is 0. The lowest BCUT2D eigenvalue weighted by Gasteiger charge is -2.22. The number of nitrogens with zero attached hydrogens (tertiary/aromatic N) is 2. The molecule has 5 rings (SSSR count). The SMILES string of the molecule is Cc1csc(N2C(=O)c3oc4ccc(Cl)cc4c(=O)c3[C@@H]2c2ccc(Cl)cc2)n1. The second kappa shape index (κ2) is 6.69. The first-order valence-electron chi connectivity index (χ1n) is 8.71. The standard InChI is InChI=1S/C21H12Cl2N2O3S/c1-10-9-29-21(24-10)25-17(11-2-4-12(22)5-3-11)16-18(26)14-8-13(23)6-7-15(14)28-19(16)20(25)27/h2-9,17H,1H3/t17-/m0/s1. The van der Waals surface area contributed by atoms with Gasteiger partial charge in [-0.15, -0.1) is 11.3 Å². The fraction of sp³-hybridized carbons (Fsp3) is 0.0952. The van der Waals surface area contributed by atoms with Crippen molar-refractivity contribution in [2.24, 2.45) is 0 Å². The van der Waals surface area contributed by atoms with Crippen molar-refractivity contribution in [2.75, 3.05) is 4.90 Å². The number of amides is 1. The van der Waals surface area contributed by atoms with Gasteiger partial charge in [0, 0.05) is 15.4 Å². The Morgan fingerprint density at radius 3 is 2.48 bits per heavy atom. The molecule has 1 aliphatic heterocycles. The second-order valence-electron chi connectivity index (χ2n) is 6.72. The summed E-state index contributed by atoms with van der Waals surface area (Å²) < 4.78 is 5.89. The van der Waals surface area contributed by atoms with Gasteiger partial charge in [0.15, 0.2) is 10.6 Å². The number of hydrogen-bond acceptors (Lipinski definition) is 5. The van der Waals surface area contributed by atoms with Crippen LogP contribution < -0.4 is 10.3 Å². The maximum Gasteiger partial charge on any atom is 0.297 e. The van der Waals surface area contributed by atoms with Gasteiger partial charge >= 0.3 is 0 Å². The summed E-state index contributed by atoms with van der Waals surface area (Å²) in [6.45, 7) is 1.85. The molecule has 1 atom stereocenters. The van der Waals surface area contributed by atoms with E-state index < -0.39 is 11.9 Å². The van der Waals surface area contributed by atoms with E-state index in [9.17, 15) is 9.59 Å². The molecule has 29 heavy (non-hydrogen) atoms. The molecule has 0 N–H and O–H groups in total. The third-order valence-corrected chi connectivity index (χ3v) is 6.28. The van der Waals surface area contributed by atoms with E-state index in [1.807, 2.05) is 12.3 Å². The summed E-state index contributed by atoms with van der Waals surface area (Å²) in [4.78, 5) is 32.7. The first kappa shape index (κ1) is 18.4. The summed E-state index contributed by atoms with van der Waals surface area (Å²) in [5, 5.41) is 3.67. The number of hydrogen-bond donors (Lipinski definition) is 0. The fourth-order valence-corrected chi connectivity index (χ4v) is 4.68. The van der Waals surface area contributed by atoms with Crippen LogP contribution in [0.4, 0.5) is 5.13 Å². The highest BCUT2D eigenvalue weighted by molar-refractivity contribution is 7.14. The molecule has 0 spiro atoms. The van der Waals surface area contributed by atoms with Gasteiger partial charge in [-0.05, 0) is 42.8 Å². The molecule has 8 heteroatoms. The summed E-state index contributed by atoms with van der Waals surface area (Å²) in [5.41, 5.74) is 1.84. The molecular formula is C21H12Cl2N2O3S. The van der Waals surface area contributed by atoms with E-state index in [1.165, 1.54) is 16.2 Å². The van der Waals surface area contributed by atoms with Crippen LogP contribution in [0.2, 0.25) is 10.0 Å².